The SMILES string of the molecule is COCCNC(=S)Nc1nc(N2CCOCC2)cc(N2C[C@H](C)C[C@@H](C)C2)n1. The highest BCUT2D eigenvalue weighted by molar-refractivity contribution is 7.80. The zero-order valence-corrected chi connectivity index (χ0v) is 17.9. The second kappa shape index (κ2) is 10.2. The Morgan fingerprint density at radius 1 is 1.18 bits per heavy atom. The van der Waals surface area contributed by atoms with Crippen LogP contribution in [0.5, 0.6) is 0 Å². The average Bonchev–Trinajstić information content (AvgIpc) is 2.68. The molecule has 1 aromatic rings. The highest BCUT2D eigenvalue weighted by atomic mass is 32.1. The summed E-state index contributed by atoms with van der Waals surface area (Å²) in [7, 11) is 1.67. The maximum absolute atomic E-state index is 5.49. The third kappa shape index (κ3) is 5.89. The van der Waals surface area contributed by atoms with Crippen molar-refractivity contribution in [3.05, 3.63) is 6.07 Å². The predicted octanol–water partition coefficient (Wildman–Crippen LogP) is 1.73. The Bertz CT molecular complexity index is 645. The molecule has 0 bridgehead atoms. The quantitative estimate of drug-likeness (QED) is 0.541. The fourth-order valence-electron chi connectivity index (χ4n) is 3.86. The van der Waals surface area contributed by atoms with Crippen LogP contribution >= 0.6 is 12.2 Å². The fourth-order valence-corrected chi connectivity index (χ4v) is 4.05. The lowest BCUT2D eigenvalue weighted by Crippen LogP contribution is -2.40. The van der Waals surface area contributed by atoms with E-state index in [1.54, 1.807) is 7.11 Å². The molecule has 1 aromatic heterocycles. The van der Waals surface area contributed by atoms with E-state index >= 15 is 0 Å². The molecule has 2 N–H and O–H groups in total. The van der Waals surface area contributed by atoms with E-state index in [1.807, 2.05) is 0 Å². The van der Waals surface area contributed by atoms with Crippen molar-refractivity contribution in [2.24, 2.45) is 11.8 Å². The van der Waals surface area contributed by atoms with Gasteiger partial charge in [0.05, 0.1) is 19.8 Å². The number of ether oxygens (including phenoxy) is 2. The van der Waals surface area contributed by atoms with Crippen molar-refractivity contribution in [1.82, 2.24) is 15.3 Å². The number of rotatable bonds is 6. The minimum absolute atomic E-state index is 0.502. The van der Waals surface area contributed by atoms with E-state index in [2.05, 4.69) is 40.3 Å². The molecular weight excluding hydrogens is 376 g/mol. The van der Waals surface area contributed by atoms with Gasteiger partial charge in [-0.05, 0) is 30.5 Å². The number of morpholine rings is 1. The van der Waals surface area contributed by atoms with Crippen LogP contribution in [0.15, 0.2) is 6.07 Å². The molecule has 2 fully saturated rings. The Balaban J connectivity index is 1.80. The summed E-state index contributed by atoms with van der Waals surface area (Å²) < 4.78 is 10.5. The monoisotopic (exact) mass is 408 g/mol. The van der Waals surface area contributed by atoms with E-state index in [-0.39, 0.29) is 0 Å². The third-order valence-corrected chi connectivity index (χ3v) is 5.29. The third-order valence-electron chi connectivity index (χ3n) is 5.04. The zero-order valence-electron chi connectivity index (χ0n) is 17.1. The number of piperidine rings is 1. The van der Waals surface area contributed by atoms with Crippen LogP contribution in [-0.2, 0) is 9.47 Å². The fraction of sp³-hybridized carbons (Fsp3) is 0.737. The van der Waals surface area contributed by atoms with E-state index in [0.717, 1.165) is 51.0 Å². The summed E-state index contributed by atoms with van der Waals surface area (Å²) in [4.78, 5) is 14.1. The first-order valence-corrected chi connectivity index (χ1v) is 10.5. The number of nitrogens with one attached hydrogen (secondary N) is 2. The van der Waals surface area contributed by atoms with Crippen LogP contribution in [0.4, 0.5) is 17.6 Å². The molecule has 2 atom stereocenters. The number of methoxy groups -OCH3 is 1. The highest BCUT2D eigenvalue weighted by Gasteiger charge is 2.25. The lowest BCUT2D eigenvalue weighted by Gasteiger charge is -2.36. The number of anilines is 3. The summed E-state index contributed by atoms with van der Waals surface area (Å²) in [6, 6.07) is 2.10. The van der Waals surface area contributed by atoms with E-state index in [1.165, 1.54) is 6.42 Å². The first kappa shape index (κ1) is 21.0. The summed E-state index contributed by atoms with van der Waals surface area (Å²) >= 11 is 5.38. The average molecular weight is 409 g/mol. The summed E-state index contributed by atoms with van der Waals surface area (Å²) in [5.74, 6) is 3.70. The maximum atomic E-state index is 5.49. The Hall–Kier alpha value is -1.71. The van der Waals surface area contributed by atoms with Gasteiger partial charge in [-0.2, -0.15) is 9.97 Å². The number of aromatic nitrogens is 2. The number of thiocarbonyl (C=S) groups is 1. The van der Waals surface area contributed by atoms with Crippen molar-refractivity contribution in [3.8, 4) is 0 Å². The summed E-state index contributed by atoms with van der Waals surface area (Å²) in [6.45, 7) is 11.0. The molecule has 0 unspecified atom stereocenters. The molecule has 0 spiro atoms. The normalized spacial score (nSPS) is 22.8. The van der Waals surface area contributed by atoms with Crippen LogP contribution in [0.1, 0.15) is 20.3 Å². The van der Waals surface area contributed by atoms with Crippen molar-refractivity contribution in [2.75, 3.05) is 74.8 Å². The Labute approximate surface area is 173 Å². The number of nitrogens with zero attached hydrogens (tertiary/aromatic N) is 4. The second-order valence-electron chi connectivity index (χ2n) is 7.73. The van der Waals surface area contributed by atoms with Crippen LogP contribution in [0.3, 0.4) is 0 Å². The van der Waals surface area contributed by atoms with Crippen LogP contribution < -0.4 is 20.4 Å². The van der Waals surface area contributed by atoms with E-state index in [4.69, 9.17) is 31.7 Å². The van der Waals surface area contributed by atoms with Gasteiger partial charge in [-0.3, -0.25) is 0 Å². The molecule has 0 saturated carbocycles. The summed E-state index contributed by atoms with van der Waals surface area (Å²) in [5, 5.41) is 6.75. The van der Waals surface area contributed by atoms with Crippen LogP contribution in [0.2, 0.25) is 0 Å². The minimum Gasteiger partial charge on any atom is -0.383 e. The molecule has 8 nitrogen and oxygen atoms in total. The van der Waals surface area contributed by atoms with Gasteiger partial charge in [-0.1, -0.05) is 13.8 Å². The first-order chi connectivity index (χ1) is 13.5. The molecule has 2 aliphatic rings. The Morgan fingerprint density at radius 2 is 1.82 bits per heavy atom. The topological polar surface area (TPSA) is 74.8 Å². The van der Waals surface area contributed by atoms with E-state index < -0.39 is 0 Å². The minimum atomic E-state index is 0.502. The molecular formula is C19H32N6O2S. The molecule has 9 heteroatoms. The van der Waals surface area contributed by atoms with Crippen molar-refractivity contribution in [1.29, 1.82) is 0 Å². The highest BCUT2D eigenvalue weighted by Crippen LogP contribution is 2.28. The largest absolute Gasteiger partial charge is 0.383 e. The van der Waals surface area contributed by atoms with Gasteiger partial charge >= 0.3 is 0 Å². The van der Waals surface area contributed by atoms with Crippen LogP contribution in [-0.4, -0.2) is 74.7 Å². The molecule has 3 heterocycles. The second-order valence-corrected chi connectivity index (χ2v) is 8.14. The number of hydrogen-bond donors (Lipinski definition) is 2. The van der Waals surface area contributed by atoms with Gasteiger partial charge in [-0.15, -0.1) is 0 Å². The van der Waals surface area contributed by atoms with Gasteiger partial charge in [0, 0.05) is 45.9 Å². The van der Waals surface area contributed by atoms with Crippen molar-refractivity contribution >= 4 is 34.9 Å². The van der Waals surface area contributed by atoms with Gasteiger partial charge in [0.2, 0.25) is 5.95 Å². The molecule has 0 radical (unpaired) electrons. The molecule has 156 valence electrons. The van der Waals surface area contributed by atoms with E-state index in [9.17, 15) is 0 Å². The van der Waals surface area contributed by atoms with Gasteiger partial charge in [0.15, 0.2) is 5.11 Å². The van der Waals surface area contributed by atoms with Gasteiger partial charge in [-0.25, -0.2) is 0 Å². The molecule has 2 saturated heterocycles. The lowest BCUT2D eigenvalue weighted by atomic mass is 9.92. The molecule has 0 aliphatic carbocycles. The van der Waals surface area contributed by atoms with Gasteiger partial charge in [0.25, 0.3) is 0 Å². The van der Waals surface area contributed by atoms with Crippen LogP contribution in [0, 0.1) is 11.8 Å². The molecule has 28 heavy (non-hydrogen) atoms. The zero-order chi connectivity index (χ0) is 19.9. The van der Waals surface area contributed by atoms with Crippen LogP contribution in [0.25, 0.3) is 0 Å². The first-order valence-electron chi connectivity index (χ1n) is 10.1. The Morgan fingerprint density at radius 3 is 2.46 bits per heavy atom. The molecule has 2 aliphatic heterocycles. The van der Waals surface area contributed by atoms with Gasteiger partial charge < -0.3 is 29.9 Å². The standard InChI is InChI=1S/C19H32N6O2S/c1-14-10-15(2)13-25(12-14)17-11-16(24-5-8-27-9-6-24)21-18(22-17)23-19(28)20-4-7-26-3/h11,14-15H,4-10,12-13H2,1-3H3,(H2,20,21,22,23,28)/t14-,15-/m1/s1. The Kier molecular flexibility index (Phi) is 7.64. The summed E-state index contributed by atoms with van der Waals surface area (Å²) in [6.07, 6.45) is 1.26. The van der Waals surface area contributed by atoms with E-state index in [0.29, 0.717) is 36.0 Å². The predicted molar refractivity (Wildman–Crippen MR) is 116 cm³/mol. The molecule has 0 aromatic carbocycles. The number of hydrogen-bond acceptors (Lipinski definition) is 7. The molecule has 0 amide bonds. The smallest absolute Gasteiger partial charge is 0.232 e. The van der Waals surface area contributed by atoms with Crippen molar-refractivity contribution in [3.63, 3.8) is 0 Å². The lowest BCUT2D eigenvalue weighted by molar-refractivity contribution is 0.122. The van der Waals surface area contributed by atoms with Crippen molar-refractivity contribution < 1.29 is 9.47 Å². The van der Waals surface area contributed by atoms with Crippen molar-refractivity contribution in [2.45, 2.75) is 20.3 Å². The molecule has 3 rings (SSSR count). The summed E-state index contributed by atoms with van der Waals surface area (Å²) in [5.41, 5.74) is 0. The maximum Gasteiger partial charge on any atom is 0.232 e. The van der Waals surface area contributed by atoms with Gasteiger partial charge in [0.1, 0.15) is 11.6 Å².